The Bertz CT molecular complexity index is 532. The second kappa shape index (κ2) is 13.5. The van der Waals surface area contributed by atoms with Crippen LogP contribution in [0.15, 0.2) is 60.7 Å². The van der Waals surface area contributed by atoms with E-state index in [1.54, 1.807) is 14.2 Å². The predicted octanol–water partition coefficient (Wildman–Crippen LogP) is 5.08. The summed E-state index contributed by atoms with van der Waals surface area (Å²) in [7, 11) is 3.58. The van der Waals surface area contributed by atoms with Crippen LogP contribution in [0.5, 0.6) is 0 Å². The standard InChI is InChI=1S/C24H34O3/c1-25-23(15-13-21-9-5-3-6-10-21)17-19-27-20-18-24(26-2)16-14-22-11-7-4-8-12-22/h3-12,23-24H,13-20H2,1-2H3. The lowest BCUT2D eigenvalue weighted by atomic mass is 10.0. The average molecular weight is 371 g/mol. The number of hydrogen-bond acceptors (Lipinski definition) is 3. The molecule has 2 rings (SSSR count). The fraction of sp³-hybridized carbons (Fsp3) is 0.500. The lowest BCUT2D eigenvalue weighted by Crippen LogP contribution is -2.18. The van der Waals surface area contributed by atoms with Crippen molar-refractivity contribution in [3.05, 3.63) is 71.8 Å². The maximum Gasteiger partial charge on any atom is 0.0596 e. The summed E-state index contributed by atoms with van der Waals surface area (Å²) in [5.41, 5.74) is 2.73. The second-order valence-corrected chi connectivity index (χ2v) is 6.95. The third-order valence-electron chi connectivity index (χ3n) is 5.03. The average Bonchev–Trinajstić information content (AvgIpc) is 2.73. The molecule has 2 atom stereocenters. The molecule has 0 aliphatic rings. The molecule has 0 bridgehead atoms. The summed E-state index contributed by atoms with van der Waals surface area (Å²) >= 11 is 0. The molecule has 27 heavy (non-hydrogen) atoms. The van der Waals surface area contributed by atoms with Crippen LogP contribution in [0, 0.1) is 0 Å². The van der Waals surface area contributed by atoms with E-state index in [0.717, 1.165) is 51.7 Å². The van der Waals surface area contributed by atoms with Crippen LogP contribution in [0.2, 0.25) is 0 Å². The fourth-order valence-electron chi connectivity index (χ4n) is 3.24. The predicted molar refractivity (Wildman–Crippen MR) is 111 cm³/mol. The summed E-state index contributed by atoms with van der Waals surface area (Å²) < 4.78 is 17.0. The van der Waals surface area contributed by atoms with Gasteiger partial charge in [-0.15, -0.1) is 0 Å². The van der Waals surface area contributed by atoms with Crippen LogP contribution in [-0.4, -0.2) is 39.6 Å². The first kappa shape index (κ1) is 21.6. The van der Waals surface area contributed by atoms with Crippen molar-refractivity contribution in [2.45, 2.75) is 50.7 Å². The van der Waals surface area contributed by atoms with Gasteiger partial charge in [0.2, 0.25) is 0 Å². The molecule has 0 aliphatic heterocycles. The van der Waals surface area contributed by atoms with E-state index < -0.39 is 0 Å². The zero-order valence-electron chi connectivity index (χ0n) is 16.8. The van der Waals surface area contributed by atoms with Crippen LogP contribution in [0.4, 0.5) is 0 Å². The Kier molecular flexibility index (Phi) is 10.8. The van der Waals surface area contributed by atoms with Gasteiger partial charge in [-0.05, 0) is 49.7 Å². The first-order valence-electron chi connectivity index (χ1n) is 10.0. The molecular weight excluding hydrogens is 336 g/mol. The minimum atomic E-state index is 0.251. The molecule has 0 aromatic heterocycles. The van der Waals surface area contributed by atoms with Gasteiger partial charge < -0.3 is 14.2 Å². The Hall–Kier alpha value is -1.68. The normalized spacial score (nSPS) is 13.4. The number of ether oxygens (including phenoxy) is 3. The van der Waals surface area contributed by atoms with Crippen molar-refractivity contribution in [3.63, 3.8) is 0 Å². The summed E-state index contributed by atoms with van der Waals surface area (Å²) in [6, 6.07) is 21.1. The summed E-state index contributed by atoms with van der Waals surface area (Å²) in [5.74, 6) is 0. The molecular formula is C24H34O3. The van der Waals surface area contributed by atoms with Gasteiger partial charge in [0.05, 0.1) is 12.2 Å². The Morgan fingerprint density at radius 1 is 0.593 bits per heavy atom. The first-order valence-corrected chi connectivity index (χ1v) is 10.0. The van der Waals surface area contributed by atoms with Gasteiger partial charge in [-0.25, -0.2) is 0 Å². The largest absolute Gasteiger partial charge is 0.381 e. The molecule has 2 aromatic rings. The third-order valence-corrected chi connectivity index (χ3v) is 5.03. The highest BCUT2D eigenvalue weighted by atomic mass is 16.5. The van der Waals surface area contributed by atoms with Crippen molar-refractivity contribution in [1.29, 1.82) is 0 Å². The number of aryl methyl sites for hydroxylation is 2. The minimum Gasteiger partial charge on any atom is -0.381 e. The van der Waals surface area contributed by atoms with Crippen molar-refractivity contribution in [1.82, 2.24) is 0 Å². The summed E-state index contributed by atoms with van der Waals surface area (Å²) in [6.45, 7) is 1.48. The lowest BCUT2D eigenvalue weighted by Gasteiger charge is -2.17. The molecule has 2 aromatic carbocycles. The van der Waals surface area contributed by atoms with Crippen LogP contribution in [0.1, 0.15) is 36.8 Å². The van der Waals surface area contributed by atoms with Crippen molar-refractivity contribution in [2.75, 3.05) is 27.4 Å². The van der Waals surface area contributed by atoms with E-state index in [2.05, 4.69) is 60.7 Å². The van der Waals surface area contributed by atoms with Crippen molar-refractivity contribution < 1.29 is 14.2 Å². The summed E-state index contributed by atoms with van der Waals surface area (Å²) in [4.78, 5) is 0. The van der Waals surface area contributed by atoms with E-state index in [1.165, 1.54) is 11.1 Å². The molecule has 0 spiro atoms. The Morgan fingerprint density at radius 3 is 1.37 bits per heavy atom. The highest BCUT2D eigenvalue weighted by molar-refractivity contribution is 5.15. The van der Waals surface area contributed by atoms with Crippen molar-refractivity contribution in [3.8, 4) is 0 Å². The quantitative estimate of drug-likeness (QED) is 0.434. The van der Waals surface area contributed by atoms with Crippen LogP contribution in [-0.2, 0) is 27.1 Å². The topological polar surface area (TPSA) is 27.7 Å². The molecule has 2 unspecified atom stereocenters. The number of rotatable bonds is 14. The lowest BCUT2D eigenvalue weighted by molar-refractivity contribution is 0.0246. The molecule has 0 radical (unpaired) electrons. The molecule has 0 aliphatic carbocycles. The summed E-state index contributed by atoms with van der Waals surface area (Å²) in [5, 5.41) is 0. The highest BCUT2D eigenvalue weighted by Crippen LogP contribution is 2.12. The third kappa shape index (κ3) is 9.18. The molecule has 0 N–H and O–H groups in total. The van der Waals surface area contributed by atoms with Gasteiger partial charge in [-0.2, -0.15) is 0 Å². The van der Waals surface area contributed by atoms with Crippen molar-refractivity contribution >= 4 is 0 Å². The van der Waals surface area contributed by atoms with Gasteiger partial charge in [0.1, 0.15) is 0 Å². The molecule has 0 fully saturated rings. The monoisotopic (exact) mass is 370 g/mol. The molecule has 0 saturated heterocycles. The molecule has 0 saturated carbocycles. The Balaban J connectivity index is 1.56. The van der Waals surface area contributed by atoms with E-state index in [-0.39, 0.29) is 12.2 Å². The zero-order chi connectivity index (χ0) is 19.2. The smallest absolute Gasteiger partial charge is 0.0596 e. The van der Waals surface area contributed by atoms with E-state index in [9.17, 15) is 0 Å². The van der Waals surface area contributed by atoms with Gasteiger partial charge in [0, 0.05) is 27.4 Å². The van der Waals surface area contributed by atoms with Crippen molar-refractivity contribution in [2.24, 2.45) is 0 Å². The van der Waals surface area contributed by atoms with E-state index in [1.807, 2.05) is 0 Å². The minimum absolute atomic E-state index is 0.251. The van der Waals surface area contributed by atoms with E-state index in [0.29, 0.717) is 0 Å². The van der Waals surface area contributed by atoms with Gasteiger partial charge >= 0.3 is 0 Å². The Labute approximate surface area is 164 Å². The van der Waals surface area contributed by atoms with E-state index in [4.69, 9.17) is 14.2 Å². The van der Waals surface area contributed by atoms with Gasteiger partial charge in [0.25, 0.3) is 0 Å². The highest BCUT2D eigenvalue weighted by Gasteiger charge is 2.10. The number of benzene rings is 2. The maximum absolute atomic E-state index is 5.84. The molecule has 148 valence electrons. The number of hydrogen-bond donors (Lipinski definition) is 0. The van der Waals surface area contributed by atoms with Crippen LogP contribution < -0.4 is 0 Å². The second-order valence-electron chi connectivity index (χ2n) is 6.95. The number of methoxy groups -OCH3 is 2. The Morgan fingerprint density at radius 2 is 1.00 bits per heavy atom. The SMILES string of the molecule is COC(CCOCCC(CCc1ccccc1)OC)CCc1ccccc1. The van der Waals surface area contributed by atoms with E-state index >= 15 is 0 Å². The molecule has 0 amide bonds. The zero-order valence-corrected chi connectivity index (χ0v) is 16.8. The first-order chi connectivity index (χ1) is 13.3. The molecule has 3 nitrogen and oxygen atoms in total. The van der Waals surface area contributed by atoms with Gasteiger partial charge in [-0.3, -0.25) is 0 Å². The van der Waals surface area contributed by atoms with Gasteiger partial charge in [0.15, 0.2) is 0 Å². The summed E-state index contributed by atoms with van der Waals surface area (Å²) in [6.07, 6.45) is 6.53. The van der Waals surface area contributed by atoms with Gasteiger partial charge in [-0.1, -0.05) is 60.7 Å². The van der Waals surface area contributed by atoms with Crippen LogP contribution in [0.3, 0.4) is 0 Å². The molecule has 0 heterocycles. The fourth-order valence-corrected chi connectivity index (χ4v) is 3.24. The van der Waals surface area contributed by atoms with Crippen LogP contribution >= 0.6 is 0 Å². The molecule has 3 heteroatoms. The van der Waals surface area contributed by atoms with Crippen LogP contribution in [0.25, 0.3) is 0 Å². The maximum atomic E-state index is 5.84.